The first-order valence-corrected chi connectivity index (χ1v) is 13.0. The number of rotatable bonds is 5. The predicted octanol–water partition coefficient (Wildman–Crippen LogP) is 5.62. The number of Topliss-reactive ketones (excluding diaryl/α,β-unsaturated/α-hetero) is 1. The average molecular weight is 419 g/mol. The normalized spacial score (nSPS) is 49.5. The van der Waals surface area contributed by atoms with Crippen LogP contribution in [0.5, 0.6) is 0 Å². The van der Waals surface area contributed by atoms with Crippen molar-refractivity contribution in [3.8, 4) is 0 Å². The summed E-state index contributed by atoms with van der Waals surface area (Å²) in [6.07, 6.45) is 9.63. The van der Waals surface area contributed by atoms with Crippen LogP contribution >= 0.6 is 0 Å². The molecule has 4 rings (SSSR count). The van der Waals surface area contributed by atoms with E-state index in [4.69, 9.17) is 0 Å². The van der Waals surface area contributed by atoms with Crippen molar-refractivity contribution in [2.45, 2.75) is 111 Å². The third-order valence-corrected chi connectivity index (χ3v) is 10.7. The molecule has 30 heavy (non-hydrogen) atoms. The van der Waals surface area contributed by atoms with E-state index in [0.717, 1.165) is 25.2 Å². The van der Waals surface area contributed by atoms with E-state index in [-0.39, 0.29) is 29.0 Å². The van der Waals surface area contributed by atoms with Crippen LogP contribution < -0.4 is 0 Å². The van der Waals surface area contributed by atoms with Crippen LogP contribution in [0.4, 0.5) is 0 Å². The zero-order valence-electron chi connectivity index (χ0n) is 20.1. The van der Waals surface area contributed by atoms with Crippen LogP contribution in [0.2, 0.25) is 0 Å². The molecule has 172 valence electrons. The maximum atomic E-state index is 13.8. The first kappa shape index (κ1) is 22.8. The molecular formula is C27H46O3. The standard InChI is InChI=1S/C27H46O3/c1-16(2)7-6-8-17(3)20-9-10-21-19-14-24(29)23-13-18(28)11-12-26(23,4)22(19)15-25(30)27(20,21)5/h16-24,28-29H,6-15H2,1-5H3. The minimum absolute atomic E-state index is 0.0134. The highest BCUT2D eigenvalue weighted by atomic mass is 16.3. The Kier molecular flexibility index (Phi) is 6.21. The van der Waals surface area contributed by atoms with E-state index in [9.17, 15) is 15.0 Å². The van der Waals surface area contributed by atoms with Crippen LogP contribution in [0.15, 0.2) is 0 Å². The van der Waals surface area contributed by atoms with E-state index < -0.39 is 0 Å². The molecule has 0 spiro atoms. The van der Waals surface area contributed by atoms with E-state index in [1.165, 1.54) is 32.1 Å². The van der Waals surface area contributed by atoms with Gasteiger partial charge in [-0.05, 0) is 85.4 Å². The van der Waals surface area contributed by atoms with Crippen molar-refractivity contribution in [2.24, 2.45) is 52.3 Å². The van der Waals surface area contributed by atoms with Gasteiger partial charge in [0.15, 0.2) is 0 Å². The molecule has 0 aromatic rings. The van der Waals surface area contributed by atoms with Crippen LogP contribution in [-0.4, -0.2) is 28.2 Å². The number of carbonyl (C=O) groups excluding carboxylic acids is 1. The zero-order chi connectivity index (χ0) is 21.8. The number of ketones is 1. The van der Waals surface area contributed by atoms with Gasteiger partial charge in [-0.15, -0.1) is 0 Å². The summed E-state index contributed by atoms with van der Waals surface area (Å²) in [6.45, 7) is 11.6. The van der Waals surface area contributed by atoms with Gasteiger partial charge >= 0.3 is 0 Å². The van der Waals surface area contributed by atoms with Crippen LogP contribution in [-0.2, 0) is 4.79 Å². The Morgan fingerprint density at radius 3 is 2.40 bits per heavy atom. The third kappa shape index (κ3) is 3.51. The van der Waals surface area contributed by atoms with Gasteiger partial charge in [-0.2, -0.15) is 0 Å². The van der Waals surface area contributed by atoms with E-state index in [0.29, 0.717) is 48.2 Å². The minimum Gasteiger partial charge on any atom is -0.393 e. The smallest absolute Gasteiger partial charge is 0.139 e. The molecular weight excluding hydrogens is 372 g/mol. The van der Waals surface area contributed by atoms with Crippen LogP contribution in [0.25, 0.3) is 0 Å². The van der Waals surface area contributed by atoms with Gasteiger partial charge in [-0.3, -0.25) is 4.79 Å². The van der Waals surface area contributed by atoms with Crippen molar-refractivity contribution in [1.82, 2.24) is 0 Å². The molecule has 0 aromatic carbocycles. The lowest BCUT2D eigenvalue weighted by molar-refractivity contribution is -0.179. The van der Waals surface area contributed by atoms with Crippen LogP contribution in [0.1, 0.15) is 98.8 Å². The number of hydrogen-bond acceptors (Lipinski definition) is 3. The Hall–Kier alpha value is -0.410. The van der Waals surface area contributed by atoms with E-state index >= 15 is 0 Å². The summed E-state index contributed by atoms with van der Waals surface area (Å²) in [4.78, 5) is 13.8. The first-order valence-electron chi connectivity index (χ1n) is 13.0. The number of fused-ring (bicyclic) bond motifs is 5. The van der Waals surface area contributed by atoms with E-state index in [1.807, 2.05) is 0 Å². The number of aliphatic hydroxyl groups excluding tert-OH is 2. The third-order valence-electron chi connectivity index (χ3n) is 10.7. The molecule has 4 saturated carbocycles. The van der Waals surface area contributed by atoms with E-state index in [1.54, 1.807) is 0 Å². The van der Waals surface area contributed by atoms with Crippen molar-refractivity contribution < 1.29 is 15.0 Å². The second-order valence-corrected chi connectivity index (χ2v) is 12.6. The SMILES string of the molecule is CC(C)CCCC(C)C1CCC2C3CC(O)C4CC(O)CCC4(C)C3CC(=O)C12C. The summed E-state index contributed by atoms with van der Waals surface area (Å²) in [5.41, 5.74) is -0.172. The molecule has 0 amide bonds. The molecule has 4 aliphatic rings. The summed E-state index contributed by atoms with van der Waals surface area (Å²) in [5, 5.41) is 21.4. The van der Waals surface area contributed by atoms with Gasteiger partial charge in [-0.25, -0.2) is 0 Å². The Labute approximate surface area is 184 Å². The lowest BCUT2D eigenvalue weighted by atomic mass is 9.43. The molecule has 10 atom stereocenters. The second-order valence-electron chi connectivity index (χ2n) is 12.6. The summed E-state index contributed by atoms with van der Waals surface area (Å²) in [7, 11) is 0. The molecule has 3 heteroatoms. The molecule has 4 aliphatic carbocycles. The Morgan fingerprint density at radius 2 is 1.70 bits per heavy atom. The topological polar surface area (TPSA) is 57.5 Å². The summed E-state index contributed by atoms with van der Waals surface area (Å²) in [6, 6.07) is 0. The highest BCUT2D eigenvalue weighted by molar-refractivity contribution is 5.87. The fraction of sp³-hybridized carbons (Fsp3) is 0.963. The molecule has 2 N–H and O–H groups in total. The van der Waals surface area contributed by atoms with Gasteiger partial charge in [0.05, 0.1) is 12.2 Å². The molecule has 0 aliphatic heterocycles. The molecule has 0 radical (unpaired) electrons. The number of hydrogen-bond donors (Lipinski definition) is 2. The highest BCUT2D eigenvalue weighted by Gasteiger charge is 2.65. The van der Waals surface area contributed by atoms with Crippen LogP contribution in [0, 0.1) is 52.3 Å². The molecule has 4 fully saturated rings. The minimum atomic E-state index is -0.314. The monoisotopic (exact) mass is 418 g/mol. The molecule has 0 aromatic heterocycles. The van der Waals surface area contributed by atoms with Gasteiger partial charge in [-0.1, -0.05) is 53.9 Å². The lowest BCUT2D eigenvalue weighted by Crippen LogP contribution is -2.60. The maximum Gasteiger partial charge on any atom is 0.139 e. The summed E-state index contributed by atoms with van der Waals surface area (Å²) >= 11 is 0. The van der Waals surface area contributed by atoms with Gasteiger partial charge in [0.25, 0.3) is 0 Å². The molecule has 0 bridgehead atoms. The zero-order valence-corrected chi connectivity index (χ0v) is 20.1. The highest BCUT2D eigenvalue weighted by Crippen LogP contribution is 2.67. The molecule has 3 nitrogen and oxygen atoms in total. The van der Waals surface area contributed by atoms with Crippen molar-refractivity contribution in [2.75, 3.05) is 0 Å². The molecule has 0 heterocycles. The van der Waals surface area contributed by atoms with Crippen molar-refractivity contribution in [1.29, 1.82) is 0 Å². The largest absolute Gasteiger partial charge is 0.393 e. The van der Waals surface area contributed by atoms with Gasteiger partial charge in [0.2, 0.25) is 0 Å². The van der Waals surface area contributed by atoms with Crippen molar-refractivity contribution >= 4 is 5.78 Å². The Morgan fingerprint density at radius 1 is 0.967 bits per heavy atom. The van der Waals surface area contributed by atoms with Crippen LogP contribution in [0.3, 0.4) is 0 Å². The van der Waals surface area contributed by atoms with Gasteiger partial charge in [0, 0.05) is 11.8 Å². The Balaban J connectivity index is 1.55. The quantitative estimate of drug-likeness (QED) is 0.609. The second kappa shape index (κ2) is 8.18. The van der Waals surface area contributed by atoms with Gasteiger partial charge < -0.3 is 10.2 Å². The summed E-state index contributed by atoms with van der Waals surface area (Å²) < 4.78 is 0. The molecule has 0 saturated heterocycles. The lowest BCUT2D eigenvalue weighted by Gasteiger charge is -2.61. The summed E-state index contributed by atoms with van der Waals surface area (Å²) in [5.74, 6) is 3.89. The maximum absolute atomic E-state index is 13.8. The number of aliphatic hydroxyl groups is 2. The van der Waals surface area contributed by atoms with Crippen molar-refractivity contribution in [3.63, 3.8) is 0 Å². The first-order chi connectivity index (χ1) is 14.1. The van der Waals surface area contributed by atoms with E-state index in [2.05, 4.69) is 34.6 Å². The van der Waals surface area contributed by atoms with Gasteiger partial charge in [0.1, 0.15) is 5.78 Å². The fourth-order valence-electron chi connectivity index (χ4n) is 8.98. The predicted molar refractivity (Wildman–Crippen MR) is 121 cm³/mol. The fourth-order valence-corrected chi connectivity index (χ4v) is 8.98. The Bertz CT molecular complexity index is 644. The van der Waals surface area contributed by atoms with Crippen molar-refractivity contribution in [3.05, 3.63) is 0 Å². The average Bonchev–Trinajstić information content (AvgIpc) is 3.03. The molecule has 10 unspecified atom stereocenters. The number of carbonyl (C=O) groups is 1.